The Balaban J connectivity index is 2.46. The van der Waals surface area contributed by atoms with E-state index < -0.39 is 0 Å². The Bertz CT molecular complexity index is 1090. The number of pyridine rings is 2. The molecule has 1 N–H and O–H groups in total. The number of methoxy groups -OCH3 is 1. The Morgan fingerprint density at radius 1 is 1.23 bits per heavy atom. The van der Waals surface area contributed by atoms with Crippen molar-refractivity contribution in [1.82, 2.24) is 9.97 Å². The number of aromatic amines is 1. The Labute approximate surface area is 151 Å². The van der Waals surface area contributed by atoms with E-state index in [1.807, 2.05) is 26.0 Å². The maximum Gasteiger partial charge on any atom is 0.255 e. The number of nitrogens with zero attached hydrogens (tertiary/aromatic N) is 2. The molecule has 0 aliphatic rings. The molecule has 0 atom stereocenters. The van der Waals surface area contributed by atoms with Gasteiger partial charge in [-0.15, -0.1) is 0 Å². The van der Waals surface area contributed by atoms with Gasteiger partial charge in [-0.1, -0.05) is 0 Å². The summed E-state index contributed by atoms with van der Waals surface area (Å²) in [5, 5.41) is 9.86. The van der Waals surface area contributed by atoms with Crippen LogP contribution in [0.25, 0.3) is 22.0 Å². The van der Waals surface area contributed by atoms with Gasteiger partial charge in [-0.3, -0.25) is 14.8 Å². The van der Waals surface area contributed by atoms with E-state index in [-0.39, 0.29) is 5.56 Å². The van der Waals surface area contributed by atoms with Crippen LogP contribution in [-0.2, 0) is 0 Å². The van der Waals surface area contributed by atoms with Crippen LogP contribution in [0.1, 0.15) is 23.7 Å². The molecule has 2 heterocycles. The number of hydrogen-bond acceptors (Lipinski definition) is 5. The number of aromatic nitrogens is 2. The van der Waals surface area contributed by atoms with Crippen LogP contribution in [0.15, 0.2) is 29.1 Å². The van der Waals surface area contributed by atoms with E-state index in [1.54, 1.807) is 26.2 Å². The van der Waals surface area contributed by atoms with Crippen molar-refractivity contribution in [2.24, 2.45) is 0 Å². The van der Waals surface area contributed by atoms with E-state index in [0.29, 0.717) is 34.9 Å². The van der Waals surface area contributed by atoms with Gasteiger partial charge in [0, 0.05) is 22.4 Å². The van der Waals surface area contributed by atoms with E-state index in [4.69, 9.17) is 14.7 Å². The molecule has 0 saturated heterocycles. The number of nitriles is 1. The van der Waals surface area contributed by atoms with Crippen LogP contribution in [0.5, 0.6) is 11.6 Å². The van der Waals surface area contributed by atoms with E-state index >= 15 is 0 Å². The zero-order valence-corrected chi connectivity index (χ0v) is 15.1. The molecule has 0 amide bonds. The third-order valence-corrected chi connectivity index (χ3v) is 4.21. The Morgan fingerprint density at radius 3 is 2.65 bits per heavy atom. The van der Waals surface area contributed by atoms with Crippen molar-refractivity contribution in [3.63, 3.8) is 0 Å². The van der Waals surface area contributed by atoms with Crippen LogP contribution in [0, 0.1) is 25.2 Å². The average Bonchev–Trinajstić information content (AvgIpc) is 2.64. The summed E-state index contributed by atoms with van der Waals surface area (Å²) in [4.78, 5) is 19.6. The van der Waals surface area contributed by atoms with Crippen LogP contribution in [-0.4, -0.2) is 23.7 Å². The highest BCUT2D eigenvalue weighted by atomic mass is 16.5. The Hall–Kier alpha value is -3.33. The molecule has 0 radical (unpaired) electrons. The van der Waals surface area contributed by atoms with Crippen LogP contribution in [0.2, 0.25) is 0 Å². The number of hydrogen-bond donors (Lipinski definition) is 1. The maximum atomic E-state index is 12.3. The smallest absolute Gasteiger partial charge is 0.255 e. The molecule has 0 saturated carbocycles. The summed E-state index contributed by atoms with van der Waals surface area (Å²) in [5.41, 5.74) is 3.81. The second-order valence-electron chi connectivity index (χ2n) is 5.90. The molecule has 1 aromatic carbocycles. The number of H-pyrrole nitrogens is 1. The lowest BCUT2D eigenvalue weighted by Gasteiger charge is -2.16. The van der Waals surface area contributed by atoms with Crippen LogP contribution >= 0.6 is 0 Å². The topological polar surface area (TPSA) is 88.0 Å². The fourth-order valence-corrected chi connectivity index (χ4v) is 2.99. The van der Waals surface area contributed by atoms with E-state index in [0.717, 1.165) is 22.2 Å². The van der Waals surface area contributed by atoms with Crippen molar-refractivity contribution < 1.29 is 9.47 Å². The fourth-order valence-electron chi connectivity index (χ4n) is 2.99. The number of benzene rings is 1. The van der Waals surface area contributed by atoms with Gasteiger partial charge in [0.05, 0.1) is 36.3 Å². The minimum atomic E-state index is -0.225. The third-order valence-electron chi connectivity index (χ3n) is 4.21. The number of rotatable bonds is 4. The lowest BCUT2D eigenvalue weighted by atomic mass is 9.97. The maximum absolute atomic E-state index is 12.3. The standard InChI is InChI=1S/C20H19N3O3/c1-5-26-20-17-15(14-7-6-13(10-21)9-16(14)25-4)8-11(2)22-18(17)12(3)19(24)23-20/h6-9H,5H2,1-4H3,(H,23,24). The van der Waals surface area contributed by atoms with Crippen molar-refractivity contribution in [2.45, 2.75) is 20.8 Å². The molecule has 0 unspecified atom stereocenters. The molecule has 0 aliphatic heterocycles. The molecule has 0 aliphatic carbocycles. The Kier molecular flexibility index (Phi) is 4.63. The van der Waals surface area contributed by atoms with Crippen LogP contribution < -0.4 is 15.0 Å². The van der Waals surface area contributed by atoms with Crippen molar-refractivity contribution in [2.75, 3.05) is 13.7 Å². The monoisotopic (exact) mass is 349 g/mol. The summed E-state index contributed by atoms with van der Waals surface area (Å²) in [5.74, 6) is 0.953. The zero-order chi connectivity index (χ0) is 18.8. The van der Waals surface area contributed by atoms with Gasteiger partial charge in [0.1, 0.15) is 5.75 Å². The number of ether oxygens (including phenoxy) is 2. The van der Waals surface area contributed by atoms with Gasteiger partial charge in [-0.2, -0.15) is 5.26 Å². The molecule has 26 heavy (non-hydrogen) atoms. The third kappa shape index (κ3) is 2.88. The van der Waals surface area contributed by atoms with Gasteiger partial charge in [-0.05, 0) is 45.0 Å². The molecular formula is C20H19N3O3. The Morgan fingerprint density at radius 2 is 2.00 bits per heavy atom. The van der Waals surface area contributed by atoms with Crippen LogP contribution in [0.3, 0.4) is 0 Å². The van der Waals surface area contributed by atoms with Crippen molar-refractivity contribution in [1.29, 1.82) is 5.26 Å². The molecule has 2 aromatic heterocycles. The number of nitrogens with one attached hydrogen (secondary N) is 1. The first-order valence-corrected chi connectivity index (χ1v) is 8.25. The minimum Gasteiger partial charge on any atom is -0.496 e. The lowest BCUT2D eigenvalue weighted by Crippen LogP contribution is -2.13. The summed E-state index contributed by atoms with van der Waals surface area (Å²) < 4.78 is 11.2. The summed E-state index contributed by atoms with van der Waals surface area (Å²) in [6.07, 6.45) is 0. The highest BCUT2D eigenvalue weighted by Crippen LogP contribution is 2.39. The van der Waals surface area contributed by atoms with E-state index in [1.165, 1.54) is 0 Å². The number of fused-ring (bicyclic) bond motifs is 1. The molecule has 6 nitrogen and oxygen atoms in total. The average molecular weight is 349 g/mol. The predicted molar refractivity (Wildman–Crippen MR) is 99.7 cm³/mol. The van der Waals surface area contributed by atoms with Gasteiger partial charge in [0.25, 0.3) is 5.56 Å². The van der Waals surface area contributed by atoms with E-state index in [9.17, 15) is 4.79 Å². The highest BCUT2D eigenvalue weighted by Gasteiger charge is 2.19. The molecule has 0 spiro atoms. The second kappa shape index (κ2) is 6.89. The lowest BCUT2D eigenvalue weighted by molar-refractivity contribution is 0.330. The zero-order valence-electron chi connectivity index (χ0n) is 15.1. The SMILES string of the molecule is CCOc1[nH]c(=O)c(C)c2nc(C)cc(-c3ccc(C#N)cc3OC)c12. The second-order valence-corrected chi connectivity index (χ2v) is 5.90. The molecule has 3 rings (SSSR count). The van der Waals surface area contributed by atoms with Crippen molar-refractivity contribution in [3.8, 4) is 28.8 Å². The first-order chi connectivity index (χ1) is 12.5. The largest absolute Gasteiger partial charge is 0.496 e. The molecule has 0 bridgehead atoms. The quantitative estimate of drug-likeness (QED) is 0.779. The van der Waals surface area contributed by atoms with E-state index in [2.05, 4.69) is 16.0 Å². The summed E-state index contributed by atoms with van der Waals surface area (Å²) in [6, 6.07) is 9.30. The molecule has 6 heteroatoms. The first-order valence-electron chi connectivity index (χ1n) is 8.25. The highest BCUT2D eigenvalue weighted by molar-refractivity contribution is 6.00. The van der Waals surface area contributed by atoms with Gasteiger partial charge < -0.3 is 9.47 Å². The molecule has 0 fully saturated rings. The normalized spacial score (nSPS) is 10.6. The van der Waals surface area contributed by atoms with Crippen LogP contribution in [0.4, 0.5) is 0 Å². The fraction of sp³-hybridized carbons (Fsp3) is 0.250. The molecule has 3 aromatic rings. The van der Waals surface area contributed by atoms with Crippen molar-refractivity contribution >= 4 is 10.9 Å². The number of aryl methyl sites for hydroxylation is 2. The summed E-state index contributed by atoms with van der Waals surface area (Å²) >= 11 is 0. The van der Waals surface area contributed by atoms with Gasteiger partial charge >= 0.3 is 0 Å². The van der Waals surface area contributed by atoms with Gasteiger partial charge in [0.2, 0.25) is 5.88 Å². The molecular weight excluding hydrogens is 330 g/mol. The van der Waals surface area contributed by atoms with Gasteiger partial charge in [-0.25, -0.2) is 0 Å². The first kappa shape index (κ1) is 17.5. The predicted octanol–water partition coefficient (Wildman–Crippen LogP) is 3.49. The summed E-state index contributed by atoms with van der Waals surface area (Å²) in [7, 11) is 1.56. The summed E-state index contributed by atoms with van der Waals surface area (Å²) in [6.45, 7) is 5.88. The minimum absolute atomic E-state index is 0.225. The van der Waals surface area contributed by atoms with Crippen molar-refractivity contribution in [3.05, 3.63) is 51.4 Å². The molecule has 132 valence electrons. The van der Waals surface area contributed by atoms with Gasteiger partial charge in [0.15, 0.2) is 0 Å².